The Balaban J connectivity index is 2.33. The molecular weight excluding hydrogens is 316 g/mol. The van der Waals surface area contributed by atoms with Gasteiger partial charge in [-0.3, -0.25) is 0 Å². The van der Waals surface area contributed by atoms with Gasteiger partial charge in [0.2, 0.25) is 0 Å². The van der Waals surface area contributed by atoms with Gasteiger partial charge < -0.3 is 5.32 Å². The van der Waals surface area contributed by atoms with Crippen molar-refractivity contribution in [3.63, 3.8) is 0 Å². The molecule has 108 valence electrons. The van der Waals surface area contributed by atoms with Crippen LogP contribution in [-0.2, 0) is 0 Å². The minimum absolute atomic E-state index is 0.216. The van der Waals surface area contributed by atoms with Gasteiger partial charge in [0, 0.05) is 4.47 Å². The average Bonchev–Trinajstić information content (AvgIpc) is 2.78. The summed E-state index contributed by atoms with van der Waals surface area (Å²) in [6.45, 7) is 9.41. The topological polar surface area (TPSA) is 42.7 Å². The molecule has 0 saturated heterocycles. The minimum Gasteiger partial charge on any atom is -0.309 e. The van der Waals surface area contributed by atoms with Crippen LogP contribution in [0.1, 0.15) is 43.3 Å². The van der Waals surface area contributed by atoms with Gasteiger partial charge in [-0.05, 0) is 67.4 Å². The highest BCUT2D eigenvalue weighted by Crippen LogP contribution is 2.24. The summed E-state index contributed by atoms with van der Waals surface area (Å²) in [6.07, 6.45) is 1.11. The van der Waals surface area contributed by atoms with E-state index in [-0.39, 0.29) is 6.04 Å². The standard InChI is InChI=1S/C15H21BrN4/c1-5-8-17-11(3)15-12(4)20(19-18-15)14-7-6-10(2)9-13(14)16/h6-7,9,11,17H,5,8H2,1-4H3. The number of aryl methyl sites for hydroxylation is 1. The average molecular weight is 337 g/mol. The number of rotatable bonds is 5. The molecule has 1 unspecified atom stereocenters. The van der Waals surface area contributed by atoms with E-state index in [0.717, 1.165) is 34.5 Å². The number of nitrogens with zero attached hydrogens (tertiary/aromatic N) is 3. The van der Waals surface area contributed by atoms with Crippen LogP contribution in [0.25, 0.3) is 5.69 Å². The van der Waals surface area contributed by atoms with Gasteiger partial charge in [-0.15, -0.1) is 5.10 Å². The maximum Gasteiger partial charge on any atom is 0.103 e. The number of aromatic nitrogens is 3. The highest BCUT2D eigenvalue weighted by Gasteiger charge is 2.16. The Morgan fingerprint density at radius 3 is 2.75 bits per heavy atom. The molecule has 0 aliphatic rings. The van der Waals surface area contributed by atoms with Crippen LogP contribution in [0.3, 0.4) is 0 Å². The van der Waals surface area contributed by atoms with Crippen molar-refractivity contribution in [3.05, 3.63) is 39.6 Å². The van der Waals surface area contributed by atoms with Crippen LogP contribution in [-0.4, -0.2) is 21.5 Å². The maximum absolute atomic E-state index is 4.34. The largest absolute Gasteiger partial charge is 0.309 e. The lowest BCUT2D eigenvalue weighted by Crippen LogP contribution is -2.20. The molecule has 2 rings (SSSR count). The number of hydrogen-bond acceptors (Lipinski definition) is 3. The van der Waals surface area contributed by atoms with Crippen molar-refractivity contribution in [2.75, 3.05) is 6.54 Å². The molecule has 1 N–H and O–H groups in total. The van der Waals surface area contributed by atoms with E-state index in [0.29, 0.717) is 0 Å². The third kappa shape index (κ3) is 3.10. The van der Waals surface area contributed by atoms with E-state index in [9.17, 15) is 0 Å². The smallest absolute Gasteiger partial charge is 0.103 e. The van der Waals surface area contributed by atoms with E-state index in [1.807, 2.05) is 4.68 Å². The van der Waals surface area contributed by atoms with Gasteiger partial charge in [-0.1, -0.05) is 18.2 Å². The van der Waals surface area contributed by atoms with E-state index in [2.05, 4.69) is 77.5 Å². The highest BCUT2D eigenvalue weighted by molar-refractivity contribution is 9.10. The van der Waals surface area contributed by atoms with E-state index in [1.54, 1.807) is 0 Å². The summed E-state index contributed by atoms with van der Waals surface area (Å²) < 4.78 is 2.93. The van der Waals surface area contributed by atoms with E-state index < -0.39 is 0 Å². The van der Waals surface area contributed by atoms with E-state index >= 15 is 0 Å². The summed E-state index contributed by atoms with van der Waals surface area (Å²) in [5.41, 5.74) is 4.32. The lowest BCUT2D eigenvalue weighted by Gasteiger charge is -2.12. The first-order chi connectivity index (χ1) is 9.54. The van der Waals surface area contributed by atoms with Gasteiger partial charge >= 0.3 is 0 Å². The zero-order valence-electron chi connectivity index (χ0n) is 12.4. The molecule has 1 aromatic carbocycles. The van der Waals surface area contributed by atoms with Crippen molar-refractivity contribution in [3.8, 4) is 5.69 Å². The monoisotopic (exact) mass is 336 g/mol. The highest BCUT2D eigenvalue weighted by atomic mass is 79.9. The summed E-state index contributed by atoms with van der Waals surface area (Å²) in [6, 6.07) is 6.46. The van der Waals surface area contributed by atoms with Crippen molar-refractivity contribution >= 4 is 15.9 Å². The van der Waals surface area contributed by atoms with Crippen LogP contribution in [0.2, 0.25) is 0 Å². The molecule has 0 amide bonds. The van der Waals surface area contributed by atoms with Gasteiger partial charge in [0.05, 0.1) is 17.4 Å². The third-order valence-electron chi connectivity index (χ3n) is 3.37. The van der Waals surface area contributed by atoms with Crippen LogP contribution in [0.5, 0.6) is 0 Å². The van der Waals surface area contributed by atoms with E-state index in [4.69, 9.17) is 0 Å². The minimum atomic E-state index is 0.216. The first-order valence-corrected chi connectivity index (χ1v) is 7.76. The summed E-state index contributed by atoms with van der Waals surface area (Å²) >= 11 is 3.60. The van der Waals surface area contributed by atoms with Gasteiger partial charge in [-0.2, -0.15) is 0 Å². The molecule has 0 aliphatic carbocycles. The molecule has 20 heavy (non-hydrogen) atoms. The first-order valence-electron chi connectivity index (χ1n) is 6.96. The molecule has 0 bridgehead atoms. The van der Waals surface area contributed by atoms with Crippen molar-refractivity contribution in [1.82, 2.24) is 20.3 Å². The summed E-state index contributed by atoms with van der Waals surface area (Å²) in [5.74, 6) is 0. The Hall–Kier alpha value is -1.20. The first kappa shape index (κ1) is 15.2. The van der Waals surface area contributed by atoms with Gasteiger partial charge in [0.25, 0.3) is 0 Å². The van der Waals surface area contributed by atoms with Gasteiger partial charge in [0.1, 0.15) is 5.69 Å². The Labute approximate surface area is 128 Å². The number of benzene rings is 1. The van der Waals surface area contributed by atoms with Gasteiger partial charge in [0.15, 0.2) is 0 Å². The molecule has 0 aliphatic heterocycles. The maximum atomic E-state index is 4.34. The molecule has 0 fully saturated rings. The quantitative estimate of drug-likeness (QED) is 0.904. The SMILES string of the molecule is CCCNC(C)c1nnn(-c2ccc(C)cc2Br)c1C. The normalized spacial score (nSPS) is 12.7. The summed E-state index contributed by atoms with van der Waals surface area (Å²) in [7, 11) is 0. The molecule has 1 atom stereocenters. The molecule has 2 aromatic rings. The van der Waals surface area contributed by atoms with E-state index in [1.165, 1.54) is 5.56 Å². The van der Waals surface area contributed by atoms with Crippen LogP contribution in [0.4, 0.5) is 0 Å². The number of nitrogens with one attached hydrogen (secondary N) is 1. The predicted octanol–water partition coefficient (Wildman–Crippen LogP) is 3.71. The van der Waals surface area contributed by atoms with Crippen molar-refractivity contribution < 1.29 is 0 Å². The molecule has 4 nitrogen and oxygen atoms in total. The van der Waals surface area contributed by atoms with Gasteiger partial charge in [-0.25, -0.2) is 4.68 Å². The molecule has 0 radical (unpaired) electrons. The molecule has 5 heteroatoms. The molecule has 1 heterocycles. The number of halogens is 1. The fraction of sp³-hybridized carbons (Fsp3) is 0.467. The lowest BCUT2D eigenvalue weighted by molar-refractivity contribution is 0.555. The van der Waals surface area contributed by atoms with Crippen LogP contribution >= 0.6 is 15.9 Å². The second-order valence-corrected chi connectivity index (χ2v) is 5.96. The molecule has 1 aromatic heterocycles. The van der Waals surface area contributed by atoms with Crippen molar-refractivity contribution in [2.45, 2.75) is 40.2 Å². The van der Waals surface area contributed by atoms with Crippen LogP contribution < -0.4 is 5.32 Å². The van der Waals surface area contributed by atoms with Crippen LogP contribution in [0, 0.1) is 13.8 Å². The Bertz CT molecular complexity index is 592. The van der Waals surface area contributed by atoms with Crippen molar-refractivity contribution in [2.24, 2.45) is 0 Å². The molecule has 0 saturated carbocycles. The Morgan fingerprint density at radius 1 is 1.35 bits per heavy atom. The fourth-order valence-corrected chi connectivity index (χ4v) is 2.87. The molecule has 0 spiro atoms. The summed E-state index contributed by atoms with van der Waals surface area (Å²) in [4.78, 5) is 0. The zero-order chi connectivity index (χ0) is 14.7. The Kier molecular flexibility index (Phi) is 4.94. The summed E-state index contributed by atoms with van der Waals surface area (Å²) in [5, 5.41) is 12.1. The zero-order valence-corrected chi connectivity index (χ0v) is 14.0. The second-order valence-electron chi connectivity index (χ2n) is 5.10. The second kappa shape index (κ2) is 6.50. The third-order valence-corrected chi connectivity index (χ3v) is 4.01. The fourth-order valence-electron chi connectivity index (χ4n) is 2.21. The Morgan fingerprint density at radius 2 is 2.10 bits per heavy atom. The van der Waals surface area contributed by atoms with Crippen molar-refractivity contribution in [1.29, 1.82) is 0 Å². The lowest BCUT2D eigenvalue weighted by atomic mass is 10.2. The predicted molar refractivity (Wildman–Crippen MR) is 85.2 cm³/mol. The molecular formula is C15H21BrN4. The van der Waals surface area contributed by atoms with Crippen LogP contribution in [0.15, 0.2) is 22.7 Å². The number of hydrogen-bond donors (Lipinski definition) is 1.